The first-order valence-corrected chi connectivity index (χ1v) is 9.27. The number of fused-ring (bicyclic) bond motifs is 1. The number of ketones is 1. The Morgan fingerprint density at radius 3 is 1.89 bits per heavy atom. The van der Waals surface area contributed by atoms with Gasteiger partial charge in [-0.1, -0.05) is 91.0 Å². The second-order valence-electron chi connectivity index (χ2n) is 7.22. The lowest BCUT2D eigenvalue weighted by molar-refractivity contribution is -0.383. The highest BCUT2D eigenvalue weighted by Gasteiger charge is 2.82. The molecule has 0 N–H and O–H groups in total. The highest BCUT2D eigenvalue weighted by atomic mass is 16.7. The average Bonchev–Trinajstić information content (AvgIpc) is 3.03. The predicted molar refractivity (Wildman–Crippen MR) is 106 cm³/mol. The van der Waals surface area contributed by atoms with Gasteiger partial charge in [-0.15, -0.1) is 0 Å². The van der Waals surface area contributed by atoms with E-state index in [9.17, 15) is 4.79 Å². The number of Topliss-reactive ketones (excluding diaryl/α,β-unsaturated/α-hetero) is 1. The molecule has 3 atom stereocenters. The molecule has 0 unspecified atom stereocenters. The topological polar surface area (TPSA) is 47.9 Å². The molecule has 0 saturated carbocycles. The standard InChI is InChI=1S/C24H19NO3/c1-22-24(25-17-27-22,20-15-9-4-10-16-20)23(28-22,19-13-7-3-8-14-19)21(26)18-11-5-2-6-12-18/h2-17H,1H3/t22-,23+,24-/m1/s1. The zero-order chi connectivity index (χ0) is 19.2. The molecule has 0 bridgehead atoms. The molecule has 4 nitrogen and oxygen atoms in total. The van der Waals surface area contributed by atoms with Gasteiger partial charge in [0, 0.05) is 12.5 Å². The first-order chi connectivity index (χ1) is 13.6. The fraction of sp³-hybridized carbons (Fsp3) is 0.167. The normalized spacial score (nSPS) is 30.2. The van der Waals surface area contributed by atoms with Crippen molar-refractivity contribution in [2.75, 3.05) is 0 Å². The molecule has 0 spiro atoms. The van der Waals surface area contributed by atoms with Crippen molar-refractivity contribution in [3.8, 4) is 0 Å². The van der Waals surface area contributed by atoms with Crippen molar-refractivity contribution in [3.05, 3.63) is 108 Å². The SMILES string of the molecule is C[C@]12OC=N[C@@]1(c1ccccc1)[C@@](C(=O)c1ccccc1)(c1ccccc1)O2. The maximum Gasteiger partial charge on any atom is 0.243 e. The van der Waals surface area contributed by atoms with Crippen LogP contribution in [0.15, 0.2) is 96.0 Å². The summed E-state index contributed by atoms with van der Waals surface area (Å²) in [6.07, 6.45) is 1.41. The Morgan fingerprint density at radius 1 is 0.786 bits per heavy atom. The van der Waals surface area contributed by atoms with E-state index in [-0.39, 0.29) is 5.78 Å². The highest BCUT2D eigenvalue weighted by molar-refractivity contribution is 6.05. The van der Waals surface area contributed by atoms with E-state index in [4.69, 9.17) is 14.5 Å². The second-order valence-corrected chi connectivity index (χ2v) is 7.22. The Morgan fingerprint density at radius 2 is 1.32 bits per heavy atom. The number of aliphatic imine (C=N–C) groups is 1. The van der Waals surface area contributed by atoms with Crippen LogP contribution in [0.2, 0.25) is 0 Å². The Bertz CT molecular complexity index is 1050. The first-order valence-electron chi connectivity index (χ1n) is 9.27. The molecule has 4 heteroatoms. The monoisotopic (exact) mass is 369 g/mol. The van der Waals surface area contributed by atoms with Crippen LogP contribution < -0.4 is 0 Å². The average molecular weight is 369 g/mol. The van der Waals surface area contributed by atoms with Crippen LogP contribution in [0.25, 0.3) is 0 Å². The van der Waals surface area contributed by atoms with Crippen LogP contribution in [0.5, 0.6) is 0 Å². The van der Waals surface area contributed by atoms with Gasteiger partial charge in [0.1, 0.15) is 0 Å². The van der Waals surface area contributed by atoms with E-state index >= 15 is 0 Å². The number of carbonyl (C=O) groups excluding carboxylic acids is 1. The molecule has 2 heterocycles. The van der Waals surface area contributed by atoms with Crippen LogP contribution in [0.1, 0.15) is 28.4 Å². The van der Waals surface area contributed by atoms with Gasteiger partial charge in [0.2, 0.25) is 11.6 Å². The molecule has 28 heavy (non-hydrogen) atoms. The van der Waals surface area contributed by atoms with Gasteiger partial charge in [0.15, 0.2) is 17.5 Å². The van der Waals surface area contributed by atoms with Crippen LogP contribution in [0.3, 0.4) is 0 Å². The Kier molecular flexibility index (Phi) is 3.55. The lowest BCUT2D eigenvalue weighted by atomic mass is 9.59. The van der Waals surface area contributed by atoms with Gasteiger partial charge in [-0.3, -0.25) is 4.79 Å². The number of carbonyl (C=O) groups is 1. The van der Waals surface area contributed by atoms with Gasteiger partial charge in [-0.2, -0.15) is 0 Å². The van der Waals surface area contributed by atoms with E-state index in [1.807, 2.05) is 97.9 Å². The van der Waals surface area contributed by atoms with E-state index < -0.39 is 16.9 Å². The largest absolute Gasteiger partial charge is 0.449 e. The van der Waals surface area contributed by atoms with Crippen LogP contribution >= 0.6 is 0 Å². The van der Waals surface area contributed by atoms with Gasteiger partial charge in [-0.05, 0) is 11.1 Å². The molecule has 3 aromatic carbocycles. The van der Waals surface area contributed by atoms with Crippen molar-refractivity contribution in [2.45, 2.75) is 23.9 Å². The zero-order valence-electron chi connectivity index (χ0n) is 15.4. The molecule has 2 aliphatic rings. The number of rotatable bonds is 4. The smallest absolute Gasteiger partial charge is 0.243 e. The van der Waals surface area contributed by atoms with Gasteiger partial charge in [0.25, 0.3) is 0 Å². The summed E-state index contributed by atoms with van der Waals surface area (Å²) in [5, 5.41) is 0. The molecule has 0 amide bonds. The molecule has 1 saturated heterocycles. The van der Waals surface area contributed by atoms with Crippen molar-refractivity contribution in [3.63, 3.8) is 0 Å². The van der Waals surface area contributed by atoms with Crippen LogP contribution in [0.4, 0.5) is 0 Å². The third-order valence-electron chi connectivity index (χ3n) is 5.77. The number of nitrogens with zero attached hydrogens (tertiary/aromatic N) is 1. The molecule has 138 valence electrons. The summed E-state index contributed by atoms with van der Waals surface area (Å²) < 4.78 is 12.2. The number of ether oxygens (including phenoxy) is 2. The third kappa shape index (κ3) is 1.93. The van der Waals surface area contributed by atoms with Gasteiger partial charge in [0.05, 0.1) is 0 Å². The third-order valence-corrected chi connectivity index (χ3v) is 5.77. The summed E-state index contributed by atoms with van der Waals surface area (Å²) in [7, 11) is 0. The molecule has 0 radical (unpaired) electrons. The quantitative estimate of drug-likeness (QED) is 0.638. The molecule has 0 aliphatic carbocycles. The summed E-state index contributed by atoms with van der Waals surface area (Å²) in [6.45, 7) is 1.84. The summed E-state index contributed by atoms with van der Waals surface area (Å²) in [5.41, 5.74) is -0.127. The van der Waals surface area contributed by atoms with E-state index in [1.165, 1.54) is 6.40 Å². The van der Waals surface area contributed by atoms with Crippen molar-refractivity contribution in [1.29, 1.82) is 0 Å². The lowest BCUT2D eigenvalue weighted by Crippen LogP contribution is -2.77. The Labute approximate surface area is 163 Å². The van der Waals surface area contributed by atoms with Crippen molar-refractivity contribution >= 4 is 12.2 Å². The Hall–Kier alpha value is -3.24. The van der Waals surface area contributed by atoms with Crippen molar-refractivity contribution < 1.29 is 14.3 Å². The van der Waals surface area contributed by atoms with Crippen LogP contribution in [-0.4, -0.2) is 18.0 Å². The minimum absolute atomic E-state index is 0.136. The van der Waals surface area contributed by atoms with Crippen LogP contribution in [0, 0.1) is 0 Å². The lowest BCUT2D eigenvalue weighted by Gasteiger charge is -2.62. The minimum Gasteiger partial charge on any atom is -0.449 e. The molecular formula is C24H19NO3. The summed E-state index contributed by atoms with van der Waals surface area (Å²) >= 11 is 0. The second kappa shape index (κ2) is 5.88. The highest BCUT2D eigenvalue weighted by Crippen LogP contribution is 2.67. The molecular weight excluding hydrogens is 350 g/mol. The van der Waals surface area contributed by atoms with E-state index in [2.05, 4.69) is 0 Å². The summed E-state index contributed by atoms with van der Waals surface area (Å²) in [4.78, 5) is 18.7. The predicted octanol–water partition coefficient (Wildman–Crippen LogP) is 4.47. The number of hydrogen-bond donors (Lipinski definition) is 0. The Balaban J connectivity index is 1.81. The maximum absolute atomic E-state index is 14.0. The van der Waals surface area contributed by atoms with Crippen molar-refractivity contribution in [2.24, 2.45) is 4.99 Å². The van der Waals surface area contributed by atoms with Gasteiger partial charge in [-0.25, -0.2) is 4.99 Å². The minimum atomic E-state index is -1.32. The van der Waals surface area contributed by atoms with Crippen molar-refractivity contribution in [1.82, 2.24) is 0 Å². The number of benzene rings is 3. The number of hydrogen-bond acceptors (Lipinski definition) is 4. The molecule has 0 aromatic heterocycles. The fourth-order valence-corrected chi connectivity index (χ4v) is 4.53. The molecule has 1 fully saturated rings. The molecule has 2 aliphatic heterocycles. The summed E-state index contributed by atoms with van der Waals surface area (Å²) in [5.74, 6) is -1.20. The van der Waals surface area contributed by atoms with Gasteiger partial charge < -0.3 is 9.47 Å². The summed E-state index contributed by atoms with van der Waals surface area (Å²) in [6, 6.07) is 28.6. The zero-order valence-corrected chi connectivity index (χ0v) is 15.4. The van der Waals surface area contributed by atoms with Crippen LogP contribution in [-0.2, 0) is 20.6 Å². The van der Waals surface area contributed by atoms with E-state index in [0.717, 1.165) is 11.1 Å². The van der Waals surface area contributed by atoms with Gasteiger partial charge >= 0.3 is 0 Å². The van der Waals surface area contributed by atoms with E-state index in [0.29, 0.717) is 5.56 Å². The molecule has 5 rings (SSSR count). The first kappa shape index (κ1) is 16.9. The molecule has 3 aromatic rings. The fourth-order valence-electron chi connectivity index (χ4n) is 4.53. The maximum atomic E-state index is 14.0. The van der Waals surface area contributed by atoms with E-state index in [1.54, 1.807) is 0 Å².